The van der Waals surface area contributed by atoms with Crippen molar-refractivity contribution in [3.8, 4) is 0 Å². The Morgan fingerprint density at radius 2 is 2.41 bits per heavy atom. The zero-order valence-corrected chi connectivity index (χ0v) is 10.9. The van der Waals surface area contributed by atoms with Crippen LogP contribution in [0.4, 0.5) is 0 Å². The number of amides is 1. The largest absolute Gasteiger partial charge is 0.380 e. The Balaban J connectivity index is 2.16. The van der Waals surface area contributed by atoms with Crippen LogP contribution in [-0.4, -0.2) is 56.7 Å². The first-order chi connectivity index (χ1) is 8.19. The molecule has 3 N–H and O–H groups in total. The second kappa shape index (κ2) is 7.63. The van der Waals surface area contributed by atoms with Gasteiger partial charge in [0.2, 0.25) is 5.91 Å². The SMILES string of the molecule is CCN1CCC(CNC(=O)CC(CN)OC)C1. The predicted octanol–water partition coefficient (Wildman–Crippen LogP) is -0.192. The summed E-state index contributed by atoms with van der Waals surface area (Å²) in [6, 6.07) is 0. The van der Waals surface area contributed by atoms with E-state index in [1.54, 1.807) is 7.11 Å². The number of likely N-dealkylation sites (tertiary alicyclic amines) is 1. The summed E-state index contributed by atoms with van der Waals surface area (Å²) in [5, 5.41) is 2.97. The van der Waals surface area contributed by atoms with Gasteiger partial charge in [-0.25, -0.2) is 0 Å². The van der Waals surface area contributed by atoms with Crippen molar-refractivity contribution in [2.75, 3.05) is 39.8 Å². The lowest BCUT2D eigenvalue weighted by atomic mass is 10.1. The molecule has 0 saturated carbocycles. The highest BCUT2D eigenvalue weighted by atomic mass is 16.5. The van der Waals surface area contributed by atoms with Gasteiger partial charge in [-0.1, -0.05) is 6.92 Å². The summed E-state index contributed by atoms with van der Waals surface area (Å²) < 4.78 is 5.08. The third-order valence-corrected chi connectivity index (χ3v) is 3.41. The molecule has 0 radical (unpaired) electrons. The molecule has 5 nitrogen and oxygen atoms in total. The van der Waals surface area contributed by atoms with Gasteiger partial charge in [-0.15, -0.1) is 0 Å². The molecule has 100 valence electrons. The molecule has 2 unspecified atom stereocenters. The highest BCUT2D eigenvalue weighted by Crippen LogP contribution is 2.14. The van der Waals surface area contributed by atoms with E-state index in [4.69, 9.17) is 10.5 Å². The molecule has 0 spiro atoms. The molecule has 0 aromatic heterocycles. The lowest BCUT2D eigenvalue weighted by molar-refractivity contribution is -0.123. The van der Waals surface area contributed by atoms with Crippen LogP contribution < -0.4 is 11.1 Å². The Labute approximate surface area is 104 Å². The summed E-state index contributed by atoms with van der Waals surface area (Å²) in [7, 11) is 1.58. The Kier molecular flexibility index (Phi) is 6.47. The molecule has 17 heavy (non-hydrogen) atoms. The van der Waals surface area contributed by atoms with Crippen molar-refractivity contribution < 1.29 is 9.53 Å². The fourth-order valence-electron chi connectivity index (χ4n) is 2.17. The molecular formula is C12H25N3O2. The van der Waals surface area contributed by atoms with Gasteiger partial charge >= 0.3 is 0 Å². The van der Waals surface area contributed by atoms with Crippen LogP contribution in [0.25, 0.3) is 0 Å². The molecule has 1 aliphatic rings. The van der Waals surface area contributed by atoms with Crippen LogP contribution in [0.1, 0.15) is 19.8 Å². The van der Waals surface area contributed by atoms with Gasteiger partial charge in [0.15, 0.2) is 0 Å². The minimum absolute atomic E-state index is 0.0391. The van der Waals surface area contributed by atoms with Crippen LogP contribution in [0.3, 0.4) is 0 Å². The molecular weight excluding hydrogens is 218 g/mol. The van der Waals surface area contributed by atoms with E-state index in [2.05, 4.69) is 17.1 Å². The summed E-state index contributed by atoms with van der Waals surface area (Å²) >= 11 is 0. The van der Waals surface area contributed by atoms with Gasteiger partial charge in [0.1, 0.15) is 0 Å². The zero-order valence-electron chi connectivity index (χ0n) is 10.9. The molecule has 5 heteroatoms. The first-order valence-electron chi connectivity index (χ1n) is 6.41. The van der Waals surface area contributed by atoms with Crippen LogP contribution >= 0.6 is 0 Å². The first kappa shape index (κ1) is 14.4. The average Bonchev–Trinajstić information content (AvgIpc) is 2.81. The van der Waals surface area contributed by atoms with Crippen molar-refractivity contribution in [2.45, 2.75) is 25.9 Å². The van der Waals surface area contributed by atoms with Crippen LogP contribution in [-0.2, 0) is 9.53 Å². The van der Waals surface area contributed by atoms with Crippen molar-refractivity contribution in [3.05, 3.63) is 0 Å². The fourth-order valence-corrected chi connectivity index (χ4v) is 2.17. The van der Waals surface area contributed by atoms with E-state index in [0.29, 0.717) is 18.9 Å². The van der Waals surface area contributed by atoms with E-state index in [0.717, 1.165) is 26.2 Å². The normalized spacial score (nSPS) is 22.6. The zero-order chi connectivity index (χ0) is 12.7. The maximum absolute atomic E-state index is 11.6. The first-order valence-corrected chi connectivity index (χ1v) is 6.41. The molecule has 1 saturated heterocycles. The molecule has 0 aromatic carbocycles. The highest BCUT2D eigenvalue weighted by Gasteiger charge is 2.21. The van der Waals surface area contributed by atoms with E-state index in [9.17, 15) is 4.79 Å². The number of nitrogens with one attached hydrogen (secondary N) is 1. The number of carbonyl (C=O) groups excluding carboxylic acids is 1. The molecule has 1 rings (SSSR count). The molecule has 1 aliphatic heterocycles. The number of carbonyl (C=O) groups is 1. The summed E-state index contributed by atoms with van der Waals surface area (Å²) in [5.74, 6) is 0.634. The molecule has 0 aliphatic carbocycles. The second-order valence-corrected chi connectivity index (χ2v) is 4.65. The molecule has 0 bridgehead atoms. The van der Waals surface area contributed by atoms with E-state index < -0.39 is 0 Å². The van der Waals surface area contributed by atoms with Gasteiger partial charge in [-0.3, -0.25) is 4.79 Å². The van der Waals surface area contributed by atoms with Crippen molar-refractivity contribution in [2.24, 2.45) is 11.7 Å². The number of hydrogen-bond acceptors (Lipinski definition) is 4. The smallest absolute Gasteiger partial charge is 0.222 e. The van der Waals surface area contributed by atoms with E-state index in [1.807, 2.05) is 0 Å². The quantitative estimate of drug-likeness (QED) is 0.650. The lowest BCUT2D eigenvalue weighted by Crippen LogP contribution is -2.35. The second-order valence-electron chi connectivity index (χ2n) is 4.65. The Morgan fingerprint density at radius 3 is 2.94 bits per heavy atom. The van der Waals surface area contributed by atoms with Gasteiger partial charge in [-0.2, -0.15) is 0 Å². The number of ether oxygens (including phenoxy) is 1. The van der Waals surface area contributed by atoms with Gasteiger partial charge in [0.25, 0.3) is 0 Å². The van der Waals surface area contributed by atoms with Gasteiger partial charge < -0.3 is 20.7 Å². The van der Waals surface area contributed by atoms with E-state index in [1.165, 1.54) is 6.42 Å². The number of hydrogen-bond donors (Lipinski definition) is 2. The van der Waals surface area contributed by atoms with Crippen molar-refractivity contribution in [3.63, 3.8) is 0 Å². The van der Waals surface area contributed by atoms with Crippen LogP contribution in [0.2, 0.25) is 0 Å². The summed E-state index contributed by atoms with van der Waals surface area (Å²) in [6.45, 7) is 6.68. The van der Waals surface area contributed by atoms with Crippen LogP contribution in [0.5, 0.6) is 0 Å². The average molecular weight is 243 g/mol. The standard InChI is InChI=1S/C12H25N3O2/c1-3-15-5-4-10(9-15)8-14-12(16)6-11(7-13)17-2/h10-11H,3-9,13H2,1-2H3,(H,14,16). The summed E-state index contributed by atoms with van der Waals surface area (Å²) in [6.07, 6.45) is 1.38. The van der Waals surface area contributed by atoms with Gasteiger partial charge in [0.05, 0.1) is 12.5 Å². The number of nitrogens with two attached hydrogens (primary N) is 1. The summed E-state index contributed by atoms with van der Waals surface area (Å²) in [5.41, 5.74) is 5.47. The third-order valence-electron chi connectivity index (χ3n) is 3.41. The monoisotopic (exact) mass is 243 g/mol. The number of nitrogens with zero attached hydrogens (tertiary/aromatic N) is 1. The predicted molar refractivity (Wildman–Crippen MR) is 67.7 cm³/mol. The molecule has 1 fully saturated rings. The Hall–Kier alpha value is -0.650. The lowest BCUT2D eigenvalue weighted by Gasteiger charge is -2.15. The Bertz CT molecular complexity index is 232. The van der Waals surface area contributed by atoms with Crippen LogP contribution in [0.15, 0.2) is 0 Å². The van der Waals surface area contributed by atoms with Crippen molar-refractivity contribution >= 4 is 5.91 Å². The van der Waals surface area contributed by atoms with Gasteiger partial charge in [0, 0.05) is 26.7 Å². The highest BCUT2D eigenvalue weighted by molar-refractivity contribution is 5.76. The van der Waals surface area contributed by atoms with Crippen molar-refractivity contribution in [1.82, 2.24) is 10.2 Å². The van der Waals surface area contributed by atoms with Crippen molar-refractivity contribution in [1.29, 1.82) is 0 Å². The molecule has 2 atom stereocenters. The number of methoxy groups -OCH3 is 1. The molecule has 1 heterocycles. The summed E-state index contributed by atoms with van der Waals surface area (Å²) in [4.78, 5) is 14.0. The van der Waals surface area contributed by atoms with E-state index in [-0.39, 0.29) is 12.0 Å². The minimum Gasteiger partial charge on any atom is -0.380 e. The van der Waals surface area contributed by atoms with Gasteiger partial charge in [-0.05, 0) is 25.4 Å². The maximum Gasteiger partial charge on any atom is 0.222 e. The maximum atomic E-state index is 11.6. The third kappa shape index (κ3) is 5.02. The van der Waals surface area contributed by atoms with Crippen LogP contribution in [0, 0.1) is 5.92 Å². The molecule has 0 aromatic rings. The topological polar surface area (TPSA) is 67.6 Å². The molecule has 1 amide bonds. The van der Waals surface area contributed by atoms with E-state index >= 15 is 0 Å². The fraction of sp³-hybridized carbons (Fsp3) is 0.917. The Morgan fingerprint density at radius 1 is 1.65 bits per heavy atom. The number of rotatable bonds is 7. The minimum atomic E-state index is -0.161.